The molecule has 0 heterocycles. The molecule has 0 radical (unpaired) electrons. The standard InChI is InChI=1S/C8H15F3O2/c1-3-7(13-2)6(12)4-5-8(9,10)11/h6-7,12H,3-5H2,1-2H3. The van der Waals surface area contributed by atoms with E-state index in [1.54, 1.807) is 6.92 Å². The summed E-state index contributed by atoms with van der Waals surface area (Å²) in [6, 6.07) is 0. The smallest absolute Gasteiger partial charge is 0.389 e. The fourth-order valence-electron chi connectivity index (χ4n) is 1.09. The molecule has 0 aliphatic heterocycles. The van der Waals surface area contributed by atoms with E-state index < -0.39 is 24.8 Å². The topological polar surface area (TPSA) is 29.5 Å². The first kappa shape index (κ1) is 12.7. The van der Waals surface area contributed by atoms with Crippen LogP contribution in [0.3, 0.4) is 0 Å². The maximum absolute atomic E-state index is 11.7. The zero-order valence-corrected chi connectivity index (χ0v) is 7.77. The van der Waals surface area contributed by atoms with Crippen molar-refractivity contribution in [2.45, 2.75) is 44.6 Å². The normalized spacial score (nSPS) is 17.1. The van der Waals surface area contributed by atoms with Gasteiger partial charge in [-0.15, -0.1) is 0 Å². The Morgan fingerprint density at radius 3 is 2.23 bits per heavy atom. The van der Waals surface area contributed by atoms with Gasteiger partial charge in [0.25, 0.3) is 0 Å². The number of ether oxygens (including phenoxy) is 1. The number of methoxy groups -OCH3 is 1. The average Bonchev–Trinajstić information content (AvgIpc) is 2.02. The van der Waals surface area contributed by atoms with Gasteiger partial charge >= 0.3 is 6.18 Å². The quantitative estimate of drug-likeness (QED) is 0.736. The summed E-state index contributed by atoms with van der Waals surface area (Å²) in [6.45, 7) is 1.75. The highest BCUT2D eigenvalue weighted by molar-refractivity contribution is 4.68. The molecule has 0 amide bonds. The molecule has 0 aromatic heterocycles. The molecule has 0 aliphatic carbocycles. The second-order valence-electron chi connectivity index (χ2n) is 2.90. The Hall–Kier alpha value is -0.290. The van der Waals surface area contributed by atoms with E-state index in [4.69, 9.17) is 4.74 Å². The average molecular weight is 200 g/mol. The van der Waals surface area contributed by atoms with E-state index in [9.17, 15) is 18.3 Å². The molecule has 0 spiro atoms. The highest BCUT2D eigenvalue weighted by Crippen LogP contribution is 2.23. The molecule has 2 atom stereocenters. The lowest BCUT2D eigenvalue weighted by molar-refractivity contribution is -0.144. The van der Waals surface area contributed by atoms with Crippen LogP contribution in [0.15, 0.2) is 0 Å². The molecule has 0 aromatic carbocycles. The highest BCUT2D eigenvalue weighted by Gasteiger charge is 2.29. The first-order valence-corrected chi connectivity index (χ1v) is 4.18. The minimum atomic E-state index is -4.20. The summed E-state index contributed by atoms with van der Waals surface area (Å²) >= 11 is 0. The van der Waals surface area contributed by atoms with E-state index in [1.807, 2.05) is 0 Å². The third-order valence-corrected chi connectivity index (χ3v) is 1.86. The van der Waals surface area contributed by atoms with Crippen LogP contribution in [0.2, 0.25) is 0 Å². The summed E-state index contributed by atoms with van der Waals surface area (Å²) in [6.07, 6.45) is -6.48. The predicted octanol–water partition coefficient (Wildman–Crippen LogP) is 2.11. The molecule has 5 heteroatoms. The summed E-state index contributed by atoms with van der Waals surface area (Å²) in [4.78, 5) is 0. The molecule has 0 aliphatic rings. The molecule has 0 fully saturated rings. The van der Waals surface area contributed by atoms with Crippen molar-refractivity contribution in [3.8, 4) is 0 Å². The number of rotatable bonds is 5. The number of halogens is 3. The second-order valence-corrected chi connectivity index (χ2v) is 2.90. The first-order valence-electron chi connectivity index (χ1n) is 4.18. The van der Waals surface area contributed by atoms with Crippen molar-refractivity contribution in [2.75, 3.05) is 7.11 Å². The van der Waals surface area contributed by atoms with E-state index in [0.717, 1.165) is 0 Å². The Labute approximate surface area is 75.7 Å². The molecule has 1 N–H and O–H groups in total. The maximum atomic E-state index is 11.7. The number of alkyl halides is 3. The number of aliphatic hydroxyl groups is 1. The van der Waals surface area contributed by atoms with Crippen molar-refractivity contribution >= 4 is 0 Å². The monoisotopic (exact) mass is 200 g/mol. The Morgan fingerprint density at radius 1 is 1.38 bits per heavy atom. The van der Waals surface area contributed by atoms with Crippen LogP contribution in [0.1, 0.15) is 26.2 Å². The third kappa shape index (κ3) is 5.87. The Kier molecular flexibility index (Phi) is 5.32. The fraction of sp³-hybridized carbons (Fsp3) is 1.00. The molecule has 2 nitrogen and oxygen atoms in total. The zero-order chi connectivity index (χ0) is 10.5. The van der Waals surface area contributed by atoms with Crippen molar-refractivity contribution in [3.05, 3.63) is 0 Å². The predicted molar refractivity (Wildman–Crippen MR) is 42.4 cm³/mol. The van der Waals surface area contributed by atoms with Gasteiger partial charge in [-0.2, -0.15) is 13.2 Å². The van der Waals surface area contributed by atoms with Crippen LogP contribution >= 0.6 is 0 Å². The highest BCUT2D eigenvalue weighted by atomic mass is 19.4. The lowest BCUT2D eigenvalue weighted by Gasteiger charge is -2.20. The summed E-state index contributed by atoms with van der Waals surface area (Å²) in [7, 11) is 1.38. The molecule has 0 bridgehead atoms. The Bertz CT molecular complexity index is 132. The minimum Gasteiger partial charge on any atom is -0.390 e. The van der Waals surface area contributed by atoms with Crippen LogP contribution in [0.5, 0.6) is 0 Å². The van der Waals surface area contributed by atoms with Crippen molar-refractivity contribution in [1.82, 2.24) is 0 Å². The van der Waals surface area contributed by atoms with Crippen molar-refractivity contribution in [1.29, 1.82) is 0 Å². The molecular formula is C8H15F3O2. The van der Waals surface area contributed by atoms with Crippen LogP contribution in [0.4, 0.5) is 13.2 Å². The van der Waals surface area contributed by atoms with Gasteiger partial charge in [-0.25, -0.2) is 0 Å². The van der Waals surface area contributed by atoms with Gasteiger partial charge in [0.05, 0.1) is 12.2 Å². The molecule has 80 valence electrons. The first-order chi connectivity index (χ1) is 5.90. The zero-order valence-electron chi connectivity index (χ0n) is 7.77. The number of hydrogen-bond donors (Lipinski definition) is 1. The van der Waals surface area contributed by atoms with Gasteiger partial charge < -0.3 is 9.84 Å². The largest absolute Gasteiger partial charge is 0.390 e. The summed E-state index contributed by atoms with van der Waals surface area (Å²) in [5.74, 6) is 0. The Morgan fingerprint density at radius 2 is 1.92 bits per heavy atom. The maximum Gasteiger partial charge on any atom is 0.389 e. The summed E-state index contributed by atoms with van der Waals surface area (Å²) < 4.78 is 40.0. The molecule has 0 rings (SSSR count). The molecule has 0 saturated heterocycles. The second kappa shape index (κ2) is 5.44. The van der Waals surface area contributed by atoms with E-state index in [1.165, 1.54) is 7.11 Å². The molecule has 0 saturated carbocycles. The van der Waals surface area contributed by atoms with Gasteiger partial charge in [0.1, 0.15) is 0 Å². The fourth-order valence-corrected chi connectivity index (χ4v) is 1.09. The Balaban J connectivity index is 3.78. The number of hydrogen-bond acceptors (Lipinski definition) is 2. The number of aliphatic hydroxyl groups excluding tert-OH is 1. The van der Waals surface area contributed by atoms with E-state index in [-0.39, 0.29) is 6.42 Å². The van der Waals surface area contributed by atoms with Gasteiger partial charge in [0.2, 0.25) is 0 Å². The van der Waals surface area contributed by atoms with Crippen molar-refractivity contribution in [3.63, 3.8) is 0 Å². The summed E-state index contributed by atoms with van der Waals surface area (Å²) in [5, 5.41) is 9.25. The van der Waals surface area contributed by atoms with Gasteiger partial charge in [-0.3, -0.25) is 0 Å². The van der Waals surface area contributed by atoms with E-state index in [0.29, 0.717) is 6.42 Å². The minimum absolute atomic E-state index is 0.296. The van der Waals surface area contributed by atoms with E-state index >= 15 is 0 Å². The van der Waals surface area contributed by atoms with Crippen LogP contribution < -0.4 is 0 Å². The van der Waals surface area contributed by atoms with Crippen molar-refractivity contribution in [2.24, 2.45) is 0 Å². The van der Waals surface area contributed by atoms with Gasteiger partial charge in [-0.1, -0.05) is 6.92 Å². The van der Waals surface area contributed by atoms with Crippen LogP contribution in [0, 0.1) is 0 Å². The molecular weight excluding hydrogens is 185 g/mol. The summed E-state index contributed by atoms with van der Waals surface area (Å²) in [5.41, 5.74) is 0. The van der Waals surface area contributed by atoms with Crippen LogP contribution in [-0.2, 0) is 4.74 Å². The third-order valence-electron chi connectivity index (χ3n) is 1.86. The van der Waals surface area contributed by atoms with Crippen LogP contribution in [-0.4, -0.2) is 30.6 Å². The van der Waals surface area contributed by atoms with Gasteiger partial charge in [0, 0.05) is 13.5 Å². The van der Waals surface area contributed by atoms with Gasteiger partial charge in [-0.05, 0) is 12.8 Å². The van der Waals surface area contributed by atoms with Gasteiger partial charge in [0.15, 0.2) is 0 Å². The lowest BCUT2D eigenvalue weighted by Crippen LogP contribution is -2.28. The lowest BCUT2D eigenvalue weighted by atomic mass is 10.1. The SMILES string of the molecule is CCC(OC)C(O)CCC(F)(F)F. The molecule has 2 unspecified atom stereocenters. The molecule has 13 heavy (non-hydrogen) atoms. The van der Waals surface area contributed by atoms with Crippen LogP contribution in [0.25, 0.3) is 0 Å². The van der Waals surface area contributed by atoms with Crippen molar-refractivity contribution < 1.29 is 23.0 Å². The van der Waals surface area contributed by atoms with E-state index in [2.05, 4.69) is 0 Å². The molecule has 0 aromatic rings.